The quantitative estimate of drug-likeness (QED) is 0.611. The molecule has 0 aliphatic heterocycles. The Morgan fingerprint density at radius 3 is 2.42 bits per heavy atom. The molecule has 0 unspecified atom stereocenters. The summed E-state index contributed by atoms with van der Waals surface area (Å²) in [6.07, 6.45) is 0.889. The summed E-state index contributed by atoms with van der Waals surface area (Å²) in [5, 5.41) is 4.35. The molecule has 1 N–H and O–H groups in total. The molecule has 1 amide bonds. The molecule has 0 saturated carbocycles. The van der Waals surface area contributed by atoms with Gasteiger partial charge in [0, 0.05) is 0 Å². The predicted octanol–water partition coefficient (Wildman–Crippen LogP) is 4.27. The molecule has 126 valence electrons. The van der Waals surface area contributed by atoms with E-state index in [4.69, 9.17) is 4.74 Å². The second-order valence-corrected chi connectivity index (χ2v) is 5.80. The first kappa shape index (κ1) is 17.7. The SMILES string of the molecule is CCCOc1ccccc1C(=O)N/N=C(/c1ccccc1)C(C)C. The number of carbonyl (C=O) groups excluding carboxylic acids is 1. The lowest BCUT2D eigenvalue weighted by atomic mass is 10.0. The summed E-state index contributed by atoms with van der Waals surface area (Å²) in [6, 6.07) is 17.1. The molecule has 4 heteroatoms. The third-order valence-electron chi connectivity index (χ3n) is 3.49. The molecule has 0 aromatic heterocycles. The van der Waals surface area contributed by atoms with E-state index in [9.17, 15) is 4.79 Å². The predicted molar refractivity (Wildman–Crippen MR) is 97.5 cm³/mol. The van der Waals surface area contributed by atoms with Gasteiger partial charge in [0.15, 0.2) is 0 Å². The van der Waals surface area contributed by atoms with Crippen molar-refractivity contribution < 1.29 is 9.53 Å². The van der Waals surface area contributed by atoms with Gasteiger partial charge in [-0.2, -0.15) is 5.10 Å². The van der Waals surface area contributed by atoms with Gasteiger partial charge in [-0.15, -0.1) is 0 Å². The molecule has 0 aliphatic carbocycles. The van der Waals surface area contributed by atoms with Crippen molar-refractivity contribution in [2.45, 2.75) is 27.2 Å². The van der Waals surface area contributed by atoms with Crippen molar-refractivity contribution in [3.63, 3.8) is 0 Å². The van der Waals surface area contributed by atoms with E-state index in [0.29, 0.717) is 17.9 Å². The molecule has 2 aromatic rings. The molecular formula is C20H24N2O2. The van der Waals surface area contributed by atoms with Crippen molar-refractivity contribution in [3.8, 4) is 5.75 Å². The molecule has 0 heterocycles. The minimum absolute atomic E-state index is 0.194. The van der Waals surface area contributed by atoms with Crippen molar-refractivity contribution in [1.82, 2.24) is 5.43 Å². The fourth-order valence-corrected chi connectivity index (χ4v) is 2.30. The molecule has 0 aliphatic rings. The summed E-state index contributed by atoms with van der Waals surface area (Å²) in [5.74, 6) is 0.507. The number of hydrogen-bond acceptors (Lipinski definition) is 3. The smallest absolute Gasteiger partial charge is 0.275 e. The highest BCUT2D eigenvalue weighted by molar-refractivity contribution is 6.03. The number of benzene rings is 2. The van der Waals surface area contributed by atoms with E-state index >= 15 is 0 Å². The van der Waals surface area contributed by atoms with Crippen LogP contribution >= 0.6 is 0 Å². The first-order chi connectivity index (χ1) is 11.6. The van der Waals surface area contributed by atoms with E-state index in [0.717, 1.165) is 17.7 Å². The van der Waals surface area contributed by atoms with Gasteiger partial charge in [0.25, 0.3) is 5.91 Å². The first-order valence-electron chi connectivity index (χ1n) is 8.28. The Kier molecular flexibility index (Phi) is 6.55. The molecule has 0 saturated heterocycles. The van der Waals surface area contributed by atoms with Crippen LogP contribution in [0.4, 0.5) is 0 Å². The van der Waals surface area contributed by atoms with Crippen LogP contribution in [0.2, 0.25) is 0 Å². The lowest BCUT2D eigenvalue weighted by molar-refractivity contribution is 0.0950. The van der Waals surface area contributed by atoms with Gasteiger partial charge in [-0.05, 0) is 30.0 Å². The molecular weight excluding hydrogens is 300 g/mol. The van der Waals surface area contributed by atoms with Crippen LogP contribution in [-0.2, 0) is 0 Å². The van der Waals surface area contributed by atoms with Crippen LogP contribution in [0.5, 0.6) is 5.75 Å². The summed E-state index contributed by atoms with van der Waals surface area (Å²) >= 11 is 0. The molecule has 2 aromatic carbocycles. The van der Waals surface area contributed by atoms with E-state index in [1.54, 1.807) is 12.1 Å². The fourth-order valence-electron chi connectivity index (χ4n) is 2.30. The van der Waals surface area contributed by atoms with Crippen molar-refractivity contribution in [1.29, 1.82) is 0 Å². The van der Waals surface area contributed by atoms with E-state index in [-0.39, 0.29) is 11.8 Å². The number of hydrazone groups is 1. The van der Waals surface area contributed by atoms with E-state index in [2.05, 4.69) is 24.4 Å². The third kappa shape index (κ3) is 4.69. The van der Waals surface area contributed by atoms with Crippen LogP contribution < -0.4 is 10.2 Å². The summed E-state index contributed by atoms with van der Waals surface area (Å²) in [7, 11) is 0. The molecule has 0 radical (unpaired) electrons. The highest BCUT2D eigenvalue weighted by Crippen LogP contribution is 2.18. The average molecular weight is 324 g/mol. The number of ether oxygens (including phenoxy) is 1. The normalized spacial score (nSPS) is 11.4. The van der Waals surface area contributed by atoms with Gasteiger partial charge in [0.1, 0.15) is 5.75 Å². The van der Waals surface area contributed by atoms with E-state index < -0.39 is 0 Å². The van der Waals surface area contributed by atoms with Gasteiger partial charge >= 0.3 is 0 Å². The van der Waals surface area contributed by atoms with Crippen LogP contribution in [-0.4, -0.2) is 18.2 Å². The maximum atomic E-state index is 12.5. The molecule has 2 rings (SSSR count). The number of nitrogens with zero attached hydrogens (tertiary/aromatic N) is 1. The standard InChI is InChI=1S/C20H24N2O2/c1-4-14-24-18-13-9-8-12-17(18)20(23)22-21-19(15(2)3)16-10-6-5-7-11-16/h5-13,15H,4,14H2,1-3H3,(H,22,23)/b21-19+. The largest absolute Gasteiger partial charge is 0.493 e. The Morgan fingerprint density at radius 1 is 1.08 bits per heavy atom. The lowest BCUT2D eigenvalue weighted by Crippen LogP contribution is -2.23. The number of carbonyl (C=O) groups is 1. The summed E-state index contributed by atoms with van der Waals surface area (Å²) < 4.78 is 5.64. The van der Waals surface area contributed by atoms with Crippen LogP contribution in [0.1, 0.15) is 43.1 Å². The second-order valence-electron chi connectivity index (χ2n) is 5.80. The number of hydrogen-bond donors (Lipinski definition) is 1. The number of amides is 1. The fraction of sp³-hybridized carbons (Fsp3) is 0.300. The summed E-state index contributed by atoms with van der Waals surface area (Å²) in [4.78, 5) is 12.5. The maximum Gasteiger partial charge on any atom is 0.275 e. The zero-order valence-corrected chi connectivity index (χ0v) is 14.5. The molecule has 24 heavy (non-hydrogen) atoms. The number of para-hydroxylation sites is 1. The van der Waals surface area contributed by atoms with Crippen molar-refractivity contribution in [2.24, 2.45) is 11.0 Å². The molecule has 4 nitrogen and oxygen atoms in total. The highest BCUT2D eigenvalue weighted by Gasteiger charge is 2.13. The minimum Gasteiger partial charge on any atom is -0.493 e. The van der Waals surface area contributed by atoms with Gasteiger partial charge in [-0.3, -0.25) is 4.79 Å². The summed E-state index contributed by atoms with van der Waals surface area (Å²) in [5.41, 5.74) is 5.00. The van der Waals surface area contributed by atoms with Gasteiger partial charge in [0.2, 0.25) is 0 Å². The third-order valence-corrected chi connectivity index (χ3v) is 3.49. The van der Waals surface area contributed by atoms with Crippen molar-refractivity contribution >= 4 is 11.6 Å². The minimum atomic E-state index is -0.268. The van der Waals surface area contributed by atoms with Gasteiger partial charge in [-0.25, -0.2) is 5.43 Å². The van der Waals surface area contributed by atoms with Crippen LogP contribution in [0.25, 0.3) is 0 Å². The molecule has 0 fully saturated rings. The van der Waals surface area contributed by atoms with E-state index in [1.807, 2.05) is 49.4 Å². The van der Waals surface area contributed by atoms with Crippen LogP contribution in [0, 0.1) is 5.92 Å². The summed E-state index contributed by atoms with van der Waals surface area (Å²) in [6.45, 7) is 6.71. The Bertz CT molecular complexity index is 694. The highest BCUT2D eigenvalue weighted by atomic mass is 16.5. The lowest BCUT2D eigenvalue weighted by Gasteiger charge is -2.12. The molecule has 0 atom stereocenters. The average Bonchev–Trinajstić information content (AvgIpc) is 2.61. The zero-order chi connectivity index (χ0) is 17.4. The van der Waals surface area contributed by atoms with E-state index in [1.165, 1.54) is 0 Å². The Balaban J connectivity index is 2.19. The first-order valence-corrected chi connectivity index (χ1v) is 8.28. The molecule has 0 spiro atoms. The van der Waals surface area contributed by atoms with Gasteiger partial charge in [0.05, 0.1) is 17.9 Å². The maximum absolute atomic E-state index is 12.5. The van der Waals surface area contributed by atoms with Gasteiger partial charge < -0.3 is 4.74 Å². The van der Waals surface area contributed by atoms with Crippen LogP contribution in [0.3, 0.4) is 0 Å². The monoisotopic (exact) mass is 324 g/mol. The van der Waals surface area contributed by atoms with Crippen molar-refractivity contribution in [2.75, 3.05) is 6.61 Å². The number of nitrogens with one attached hydrogen (secondary N) is 1. The topological polar surface area (TPSA) is 50.7 Å². The Morgan fingerprint density at radius 2 is 1.75 bits per heavy atom. The van der Waals surface area contributed by atoms with Gasteiger partial charge in [-0.1, -0.05) is 63.2 Å². The molecule has 0 bridgehead atoms. The van der Waals surface area contributed by atoms with Crippen molar-refractivity contribution in [3.05, 3.63) is 65.7 Å². The number of rotatable bonds is 7. The zero-order valence-electron chi connectivity index (χ0n) is 14.5. The second kappa shape index (κ2) is 8.87. The van der Waals surface area contributed by atoms with Crippen LogP contribution in [0.15, 0.2) is 59.7 Å². The Labute approximate surface area is 143 Å². The Hall–Kier alpha value is -2.62.